The molecule has 5 heteroatoms. The Kier molecular flexibility index (Phi) is 4.43. The minimum Gasteiger partial charge on any atom is -0.352 e. The van der Waals surface area contributed by atoms with E-state index < -0.39 is 0 Å². The van der Waals surface area contributed by atoms with Crippen LogP contribution < -0.4 is 10.6 Å². The quantitative estimate of drug-likeness (QED) is 0.903. The molecule has 2 heterocycles. The molecule has 0 amide bonds. The Morgan fingerprint density at radius 3 is 2.94 bits per heavy atom. The van der Waals surface area contributed by atoms with E-state index in [1.165, 1.54) is 12.8 Å². The van der Waals surface area contributed by atoms with Gasteiger partial charge in [-0.3, -0.25) is 0 Å². The minimum atomic E-state index is 0.388. The summed E-state index contributed by atoms with van der Waals surface area (Å²) in [5.41, 5.74) is 6.44. The Balaban J connectivity index is 2.19. The van der Waals surface area contributed by atoms with Crippen molar-refractivity contribution in [3.8, 4) is 0 Å². The Hall–Kier alpha value is -0.840. The number of aromatic nitrogens is 1. The molecule has 2 rings (SSSR count). The highest BCUT2D eigenvalue weighted by atomic mass is 35.5. The van der Waals surface area contributed by atoms with Gasteiger partial charge in [0.1, 0.15) is 5.82 Å². The molecule has 4 nitrogen and oxygen atoms in total. The van der Waals surface area contributed by atoms with Gasteiger partial charge < -0.3 is 15.5 Å². The first-order valence-corrected chi connectivity index (χ1v) is 6.76. The number of nitrogens with zero attached hydrogens (tertiary/aromatic N) is 3. The summed E-state index contributed by atoms with van der Waals surface area (Å²) in [5.74, 6) is 1.00. The zero-order valence-corrected chi connectivity index (χ0v) is 11.8. The van der Waals surface area contributed by atoms with Crippen LogP contribution in [-0.4, -0.2) is 43.1 Å². The Bertz CT molecular complexity index is 408. The number of hydrogen-bond donors (Lipinski definition) is 1. The second-order valence-electron chi connectivity index (χ2n) is 5.05. The zero-order chi connectivity index (χ0) is 13.1. The van der Waals surface area contributed by atoms with E-state index in [4.69, 9.17) is 17.3 Å². The van der Waals surface area contributed by atoms with Gasteiger partial charge in [0.2, 0.25) is 0 Å². The van der Waals surface area contributed by atoms with Gasteiger partial charge in [0, 0.05) is 25.7 Å². The average Bonchev–Trinajstić information content (AvgIpc) is 2.77. The first kappa shape index (κ1) is 13.6. The van der Waals surface area contributed by atoms with Crippen LogP contribution >= 0.6 is 11.6 Å². The number of nitrogens with two attached hydrogens (primary N) is 1. The number of likely N-dealkylation sites (N-methyl/N-ethyl adjacent to an activating group) is 1. The molecule has 0 radical (unpaired) electrons. The van der Waals surface area contributed by atoms with Gasteiger partial charge in [-0.2, -0.15) is 0 Å². The summed E-state index contributed by atoms with van der Waals surface area (Å²) in [4.78, 5) is 9.18. The maximum absolute atomic E-state index is 6.05. The zero-order valence-electron chi connectivity index (χ0n) is 11.1. The average molecular weight is 269 g/mol. The van der Waals surface area contributed by atoms with Crippen LogP contribution in [0.4, 0.5) is 5.82 Å². The first-order valence-electron chi connectivity index (χ1n) is 6.38. The molecule has 1 saturated heterocycles. The fourth-order valence-corrected chi connectivity index (χ4v) is 2.71. The summed E-state index contributed by atoms with van der Waals surface area (Å²) < 4.78 is 0. The minimum absolute atomic E-state index is 0.388. The smallest absolute Gasteiger partial charge is 0.129 e. The van der Waals surface area contributed by atoms with Crippen molar-refractivity contribution in [2.24, 2.45) is 5.73 Å². The van der Waals surface area contributed by atoms with Gasteiger partial charge in [0.05, 0.1) is 10.7 Å². The fraction of sp³-hybridized carbons (Fsp3) is 0.615. The molecule has 1 fully saturated rings. The van der Waals surface area contributed by atoms with Crippen molar-refractivity contribution in [3.63, 3.8) is 0 Å². The van der Waals surface area contributed by atoms with Crippen LogP contribution in [0.15, 0.2) is 12.1 Å². The van der Waals surface area contributed by atoms with Crippen molar-refractivity contribution in [2.75, 3.05) is 32.1 Å². The van der Waals surface area contributed by atoms with E-state index in [-0.39, 0.29) is 0 Å². The van der Waals surface area contributed by atoms with Gasteiger partial charge in [-0.15, -0.1) is 0 Å². The molecular formula is C13H21ClN4. The van der Waals surface area contributed by atoms with E-state index in [1.807, 2.05) is 12.1 Å². The summed E-state index contributed by atoms with van der Waals surface area (Å²) in [5, 5.41) is 0.657. The normalized spacial score (nSPS) is 19.8. The van der Waals surface area contributed by atoms with Crippen molar-refractivity contribution in [3.05, 3.63) is 22.8 Å². The van der Waals surface area contributed by atoms with Crippen LogP contribution in [-0.2, 0) is 6.54 Å². The van der Waals surface area contributed by atoms with E-state index in [1.54, 1.807) is 0 Å². The van der Waals surface area contributed by atoms with Crippen LogP contribution in [0.25, 0.3) is 0 Å². The molecule has 1 aromatic rings. The molecule has 1 aliphatic rings. The SMILES string of the molecule is CN(C)CC1CCCN1c1ccc(Cl)c(CN)n1. The predicted octanol–water partition coefficient (Wildman–Crippen LogP) is 1.72. The third-order valence-electron chi connectivity index (χ3n) is 3.34. The van der Waals surface area contributed by atoms with E-state index in [0.717, 1.165) is 24.6 Å². The fourth-order valence-electron chi connectivity index (χ4n) is 2.52. The van der Waals surface area contributed by atoms with E-state index in [2.05, 4.69) is 28.9 Å². The highest BCUT2D eigenvalue weighted by Gasteiger charge is 2.26. The number of hydrogen-bond acceptors (Lipinski definition) is 4. The number of rotatable bonds is 4. The molecule has 1 atom stereocenters. The molecule has 2 N–H and O–H groups in total. The van der Waals surface area contributed by atoms with Gasteiger partial charge in [0.25, 0.3) is 0 Å². The largest absolute Gasteiger partial charge is 0.352 e. The maximum Gasteiger partial charge on any atom is 0.129 e. The van der Waals surface area contributed by atoms with Crippen LogP contribution in [0.1, 0.15) is 18.5 Å². The number of pyridine rings is 1. The predicted molar refractivity (Wildman–Crippen MR) is 76.1 cm³/mol. The summed E-state index contributed by atoms with van der Waals surface area (Å²) in [6.45, 7) is 2.51. The van der Waals surface area contributed by atoms with Gasteiger partial charge in [-0.25, -0.2) is 4.98 Å². The van der Waals surface area contributed by atoms with Crippen molar-refractivity contribution in [1.82, 2.24) is 9.88 Å². The van der Waals surface area contributed by atoms with Gasteiger partial charge >= 0.3 is 0 Å². The molecule has 0 aromatic carbocycles. The second kappa shape index (κ2) is 5.87. The third-order valence-corrected chi connectivity index (χ3v) is 3.69. The number of halogens is 1. The lowest BCUT2D eigenvalue weighted by Gasteiger charge is -2.28. The molecule has 0 aliphatic carbocycles. The van der Waals surface area contributed by atoms with Crippen molar-refractivity contribution < 1.29 is 0 Å². The Morgan fingerprint density at radius 2 is 2.28 bits per heavy atom. The van der Waals surface area contributed by atoms with Crippen LogP contribution in [0.3, 0.4) is 0 Å². The van der Waals surface area contributed by atoms with E-state index in [0.29, 0.717) is 17.6 Å². The Morgan fingerprint density at radius 1 is 1.50 bits per heavy atom. The van der Waals surface area contributed by atoms with Crippen LogP contribution in [0, 0.1) is 0 Å². The number of anilines is 1. The van der Waals surface area contributed by atoms with Crippen LogP contribution in [0.5, 0.6) is 0 Å². The lowest BCUT2D eigenvalue weighted by atomic mass is 10.2. The van der Waals surface area contributed by atoms with E-state index in [9.17, 15) is 0 Å². The summed E-state index contributed by atoms with van der Waals surface area (Å²) in [7, 11) is 4.22. The standard InChI is InChI=1S/C13H21ClN4/c1-17(2)9-10-4-3-7-18(10)13-6-5-11(14)12(8-15)16-13/h5-6,10H,3-4,7-9,15H2,1-2H3. The monoisotopic (exact) mass is 268 g/mol. The molecule has 0 saturated carbocycles. The lowest BCUT2D eigenvalue weighted by molar-refractivity contribution is 0.371. The molecule has 18 heavy (non-hydrogen) atoms. The second-order valence-corrected chi connectivity index (χ2v) is 5.46. The van der Waals surface area contributed by atoms with Crippen molar-refractivity contribution in [1.29, 1.82) is 0 Å². The Labute approximate surface area is 114 Å². The molecule has 100 valence electrons. The third kappa shape index (κ3) is 2.94. The van der Waals surface area contributed by atoms with Crippen molar-refractivity contribution in [2.45, 2.75) is 25.4 Å². The first-order chi connectivity index (χ1) is 8.61. The molecule has 1 unspecified atom stereocenters. The maximum atomic E-state index is 6.05. The van der Waals surface area contributed by atoms with Gasteiger partial charge in [-0.05, 0) is 39.1 Å². The highest BCUT2D eigenvalue weighted by Crippen LogP contribution is 2.26. The summed E-state index contributed by atoms with van der Waals surface area (Å²) in [6.07, 6.45) is 2.45. The molecule has 1 aliphatic heterocycles. The van der Waals surface area contributed by atoms with E-state index >= 15 is 0 Å². The lowest BCUT2D eigenvalue weighted by Crippen LogP contribution is -2.38. The van der Waals surface area contributed by atoms with Gasteiger partial charge in [0.15, 0.2) is 0 Å². The molecular weight excluding hydrogens is 248 g/mol. The summed E-state index contributed by atoms with van der Waals surface area (Å²) >= 11 is 6.05. The van der Waals surface area contributed by atoms with Crippen molar-refractivity contribution >= 4 is 17.4 Å². The molecule has 0 spiro atoms. The molecule has 1 aromatic heterocycles. The molecule has 0 bridgehead atoms. The summed E-state index contributed by atoms with van der Waals surface area (Å²) in [6, 6.07) is 4.44. The van der Waals surface area contributed by atoms with Gasteiger partial charge in [-0.1, -0.05) is 11.6 Å². The highest BCUT2D eigenvalue weighted by molar-refractivity contribution is 6.31. The topological polar surface area (TPSA) is 45.4 Å². The van der Waals surface area contributed by atoms with Crippen LogP contribution in [0.2, 0.25) is 5.02 Å².